The lowest BCUT2D eigenvalue weighted by atomic mass is 10.2. The Morgan fingerprint density at radius 2 is 1.71 bits per heavy atom. The number of pyridine rings is 1. The topological polar surface area (TPSA) is 97.9 Å². The van der Waals surface area contributed by atoms with E-state index < -0.39 is 12.0 Å². The minimum atomic E-state index is -0.656. The number of primary amides is 1. The van der Waals surface area contributed by atoms with Gasteiger partial charge < -0.3 is 20.3 Å². The standard InChI is InChI=1S/C24H27N3O4/c25-24(29)20-11-12-23(26-15-20)30-14-13-27(16-19-7-3-1-4-8-19)17-21(28)18-31-22-9-5-2-6-10-22/h1-12,15,21,28H,13-14,16-18H2,(H2,25,29). The molecule has 31 heavy (non-hydrogen) atoms. The van der Waals surface area contributed by atoms with Crippen LogP contribution in [0.3, 0.4) is 0 Å². The molecular weight excluding hydrogens is 394 g/mol. The first-order chi connectivity index (χ1) is 15.1. The van der Waals surface area contributed by atoms with Gasteiger partial charge in [-0.25, -0.2) is 4.98 Å². The number of aromatic nitrogens is 1. The molecule has 3 aromatic rings. The molecule has 0 radical (unpaired) electrons. The average Bonchev–Trinajstić information content (AvgIpc) is 2.79. The van der Waals surface area contributed by atoms with Gasteiger partial charge in [0.25, 0.3) is 0 Å². The second kappa shape index (κ2) is 11.7. The summed E-state index contributed by atoms with van der Waals surface area (Å²) in [6.07, 6.45) is 0.737. The highest BCUT2D eigenvalue weighted by Crippen LogP contribution is 2.11. The van der Waals surface area contributed by atoms with Crippen molar-refractivity contribution in [3.63, 3.8) is 0 Å². The molecule has 1 unspecified atom stereocenters. The summed E-state index contributed by atoms with van der Waals surface area (Å²) < 4.78 is 11.4. The van der Waals surface area contributed by atoms with Gasteiger partial charge in [0, 0.05) is 31.9 Å². The lowest BCUT2D eigenvalue weighted by molar-refractivity contribution is 0.0602. The lowest BCUT2D eigenvalue weighted by Gasteiger charge is -2.25. The van der Waals surface area contributed by atoms with Crippen molar-refractivity contribution in [3.05, 3.63) is 90.1 Å². The van der Waals surface area contributed by atoms with Crippen LogP contribution in [-0.2, 0) is 6.54 Å². The van der Waals surface area contributed by atoms with E-state index in [1.807, 2.05) is 60.7 Å². The number of hydrogen-bond acceptors (Lipinski definition) is 6. The zero-order valence-corrected chi connectivity index (χ0v) is 17.3. The summed E-state index contributed by atoms with van der Waals surface area (Å²) in [6, 6.07) is 22.7. The van der Waals surface area contributed by atoms with E-state index in [4.69, 9.17) is 15.2 Å². The molecule has 3 rings (SSSR count). The van der Waals surface area contributed by atoms with Crippen molar-refractivity contribution in [3.8, 4) is 11.6 Å². The molecule has 7 heteroatoms. The van der Waals surface area contributed by atoms with Gasteiger partial charge in [0.1, 0.15) is 25.1 Å². The number of rotatable bonds is 12. The number of aliphatic hydroxyl groups is 1. The van der Waals surface area contributed by atoms with Gasteiger partial charge in [0.2, 0.25) is 11.8 Å². The third-order valence-electron chi connectivity index (χ3n) is 4.58. The summed E-state index contributed by atoms with van der Waals surface area (Å²) in [5, 5.41) is 10.5. The van der Waals surface area contributed by atoms with Crippen LogP contribution in [0.4, 0.5) is 0 Å². The van der Waals surface area contributed by atoms with Crippen molar-refractivity contribution in [2.24, 2.45) is 5.73 Å². The molecule has 0 aliphatic rings. The number of aliphatic hydroxyl groups excluding tert-OH is 1. The molecule has 0 saturated heterocycles. The normalized spacial score (nSPS) is 11.8. The number of amides is 1. The van der Waals surface area contributed by atoms with Gasteiger partial charge in [0.15, 0.2) is 0 Å². The van der Waals surface area contributed by atoms with Crippen molar-refractivity contribution < 1.29 is 19.4 Å². The van der Waals surface area contributed by atoms with Crippen molar-refractivity contribution in [2.75, 3.05) is 26.3 Å². The minimum Gasteiger partial charge on any atom is -0.491 e. The first-order valence-corrected chi connectivity index (χ1v) is 10.1. The number of nitrogens with zero attached hydrogens (tertiary/aromatic N) is 2. The molecule has 3 N–H and O–H groups in total. The van der Waals surface area contributed by atoms with E-state index in [-0.39, 0.29) is 6.61 Å². The Labute approximate surface area is 182 Å². The lowest BCUT2D eigenvalue weighted by Crippen LogP contribution is -2.37. The molecule has 0 aliphatic carbocycles. The Bertz CT molecular complexity index is 921. The highest BCUT2D eigenvalue weighted by molar-refractivity contribution is 5.92. The second-order valence-electron chi connectivity index (χ2n) is 7.10. The molecular formula is C24H27N3O4. The quantitative estimate of drug-likeness (QED) is 0.466. The largest absolute Gasteiger partial charge is 0.491 e. The molecule has 0 aliphatic heterocycles. The number of nitrogens with two attached hydrogens (primary N) is 1. The Hall–Kier alpha value is -3.42. The Kier molecular flexibility index (Phi) is 8.39. The van der Waals surface area contributed by atoms with E-state index in [1.165, 1.54) is 6.20 Å². The predicted molar refractivity (Wildman–Crippen MR) is 118 cm³/mol. The van der Waals surface area contributed by atoms with Crippen molar-refractivity contribution in [1.82, 2.24) is 9.88 Å². The molecule has 0 saturated carbocycles. The van der Waals surface area contributed by atoms with Crippen LogP contribution in [0.15, 0.2) is 79.0 Å². The maximum Gasteiger partial charge on any atom is 0.250 e. The van der Waals surface area contributed by atoms with Gasteiger partial charge in [-0.3, -0.25) is 9.69 Å². The Balaban J connectivity index is 1.53. The molecule has 7 nitrogen and oxygen atoms in total. The van der Waals surface area contributed by atoms with Gasteiger partial charge in [-0.15, -0.1) is 0 Å². The van der Waals surface area contributed by atoms with E-state index >= 15 is 0 Å². The molecule has 0 bridgehead atoms. The first-order valence-electron chi connectivity index (χ1n) is 10.1. The molecule has 0 spiro atoms. The van der Waals surface area contributed by atoms with E-state index in [0.717, 1.165) is 11.3 Å². The smallest absolute Gasteiger partial charge is 0.250 e. The Morgan fingerprint density at radius 1 is 1.00 bits per heavy atom. The van der Waals surface area contributed by atoms with Gasteiger partial charge in [-0.1, -0.05) is 48.5 Å². The van der Waals surface area contributed by atoms with E-state index in [1.54, 1.807) is 12.1 Å². The van der Waals surface area contributed by atoms with E-state index in [2.05, 4.69) is 9.88 Å². The Morgan fingerprint density at radius 3 is 2.35 bits per heavy atom. The molecule has 162 valence electrons. The van der Waals surface area contributed by atoms with Crippen LogP contribution in [0.25, 0.3) is 0 Å². The van der Waals surface area contributed by atoms with Crippen LogP contribution < -0.4 is 15.2 Å². The third-order valence-corrected chi connectivity index (χ3v) is 4.58. The zero-order valence-electron chi connectivity index (χ0n) is 17.3. The van der Waals surface area contributed by atoms with Gasteiger partial charge in [0.05, 0.1) is 5.56 Å². The van der Waals surface area contributed by atoms with E-state index in [9.17, 15) is 9.90 Å². The van der Waals surface area contributed by atoms with Crippen LogP contribution >= 0.6 is 0 Å². The van der Waals surface area contributed by atoms with Crippen molar-refractivity contribution in [1.29, 1.82) is 0 Å². The second-order valence-corrected chi connectivity index (χ2v) is 7.10. The average molecular weight is 421 g/mol. The predicted octanol–water partition coefficient (Wildman–Crippen LogP) is 2.50. The van der Waals surface area contributed by atoms with Crippen molar-refractivity contribution in [2.45, 2.75) is 12.6 Å². The first kappa shape index (κ1) is 22.3. The fraction of sp³-hybridized carbons (Fsp3) is 0.250. The number of carbonyl (C=O) groups excluding carboxylic acids is 1. The number of hydrogen-bond donors (Lipinski definition) is 2. The highest BCUT2D eigenvalue weighted by Gasteiger charge is 2.14. The van der Waals surface area contributed by atoms with Crippen LogP contribution in [0, 0.1) is 0 Å². The van der Waals surface area contributed by atoms with Crippen LogP contribution in [0.5, 0.6) is 11.6 Å². The van der Waals surface area contributed by atoms with Crippen LogP contribution in [0.2, 0.25) is 0 Å². The van der Waals surface area contributed by atoms with Crippen LogP contribution in [-0.4, -0.2) is 53.3 Å². The zero-order chi connectivity index (χ0) is 21.9. The number of ether oxygens (including phenoxy) is 2. The monoisotopic (exact) mass is 421 g/mol. The van der Waals surface area contributed by atoms with Gasteiger partial charge >= 0.3 is 0 Å². The summed E-state index contributed by atoms with van der Waals surface area (Å²) in [5.41, 5.74) is 6.70. The maximum absolute atomic E-state index is 11.1. The number of para-hydroxylation sites is 1. The molecule has 1 atom stereocenters. The SMILES string of the molecule is NC(=O)c1ccc(OCCN(Cc2ccccc2)CC(O)COc2ccccc2)nc1. The van der Waals surface area contributed by atoms with Crippen LogP contribution in [0.1, 0.15) is 15.9 Å². The molecule has 2 aromatic carbocycles. The maximum atomic E-state index is 11.1. The third kappa shape index (κ3) is 7.73. The molecule has 1 amide bonds. The fourth-order valence-electron chi connectivity index (χ4n) is 3.03. The van der Waals surface area contributed by atoms with E-state index in [0.29, 0.717) is 37.7 Å². The van der Waals surface area contributed by atoms with Gasteiger partial charge in [-0.05, 0) is 23.8 Å². The summed E-state index contributed by atoms with van der Waals surface area (Å²) in [7, 11) is 0. The number of benzene rings is 2. The summed E-state index contributed by atoms with van der Waals surface area (Å²) in [6.45, 7) is 2.25. The molecule has 1 aromatic heterocycles. The number of carbonyl (C=O) groups is 1. The van der Waals surface area contributed by atoms with Gasteiger partial charge in [-0.2, -0.15) is 0 Å². The minimum absolute atomic E-state index is 0.201. The van der Waals surface area contributed by atoms with Crippen molar-refractivity contribution >= 4 is 5.91 Å². The fourth-order valence-corrected chi connectivity index (χ4v) is 3.03. The highest BCUT2D eigenvalue weighted by atomic mass is 16.5. The molecule has 0 fully saturated rings. The summed E-state index contributed by atoms with van der Waals surface area (Å²) in [5.74, 6) is 0.613. The molecule has 1 heterocycles. The summed E-state index contributed by atoms with van der Waals surface area (Å²) in [4.78, 5) is 17.3. The summed E-state index contributed by atoms with van der Waals surface area (Å²) >= 11 is 0.